The first-order chi connectivity index (χ1) is 10.6. The second kappa shape index (κ2) is 7.96. The fourth-order valence-corrected chi connectivity index (χ4v) is 2.41. The first-order valence-corrected chi connectivity index (χ1v) is 7.60. The van der Waals surface area contributed by atoms with Crippen molar-refractivity contribution >= 4 is 0 Å². The van der Waals surface area contributed by atoms with Gasteiger partial charge in [0.1, 0.15) is 11.6 Å². The zero-order valence-electron chi connectivity index (χ0n) is 14.0. The standard InChI is InChI=1S/C17H26N4O/c1-19(2)11-5-12-20(3)14-17-18-10-13-21(17)15-6-8-16(22-4)9-7-15/h6-10,13H,5,11-12,14H2,1-4H3. The van der Waals surface area contributed by atoms with Crippen molar-refractivity contribution in [3.8, 4) is 11.4 Å². The SMILES string of the molecule is COc1ccc(-n2ccnc2CN(C)CCCN(C)C)cc1. The molecule has 0 amide bonds. The van der Waals surface area contributed by atoms with Crippen molar-refractivity contribution in [2.24, 2.45) is 0 Å². The monoisotopic (exact) mass is 302 g/mol. The maximum absolute atomic E-state index is 5.21. The molecule has 1 heterocycles. The smallest absolute Gasteiger partial charge is 0.127 e. The van der Waals surface area contributed by atoms with Crippen molar-refractivity contribution in [2.45, 2.75) is 13.0 Å². The van der Waals surface area contributed by atoms with Gasteiger partial charge in [0.2, 0.25) is 0 Å². The minimum Gasteiger partial charge on any atom is -0.497 e. The van der Waals surface area contributed by atoms with Crippen LogP contribution in [0.4, 0.5) is 0 Å². The highest BCUT2D eigenvalue weighted by molar-refractivity contribution is 5.38. The Labute approximate surface area is 133 Å². The Morgan fingerprint density at radius 2 is 1.82 bits per heavy atom. The van der Waals surface area contributed by atoms with Crippen molar-refractivity contribution in [1.82, 2.24) is 19.4 Å². The van der Waals surface area contributed by atoms with Crippen LogP contribution in [-0.2, 0) is 6.54 Å². The number of hydrogen-bond donors (Lipinski definition) is 0. The van der Waals surface area contributed by atoms with Crippen molar-refractivity contribution in [3.63, 3.8) is 0 Å². The number of hydrogen-bond acceptors (Lipinski definition) is 4. The average Bonchev–Trinajstić information content (AvgIpc) is 2.95. The Balaban J connectivity index is 1.99. The van der Waals surface area contributed by atoms with Gasteiger partial charge in [-0.1, -0.05) is 0 Å². The molecule has 0 aliphatic carbocycles. The van der Waals surface area contributed by atoms with E-state index in [0.29, 0.717) is 0 Å². The lowest BCUT2D eigenvalue weighted by atomic mass is 10.3. The Bertz CT molecular complexity index is 562. The normalized spacial score (nSPS) is 11.4. The van der Waals surface area contributed by atoms with E-state index < -0.39 is 0 Å². The molecule has 0 unspecified atom stereocenters. The molecule has 5 heteroatoms. The van der Waals surface area contributed by atoms with Gasteiger partial charge in [0.15, 0.2) is 0 Å². The highest BCUT2D eigenvalue weighted by Crippen LogP contribution is 2.16. The molecule has 0 aliphatic heterocycles. The molecule has 22 heavy (non-hydrogen) atoms. The molecule has 0 fully saturated rings. The number of nitrogens with zero attached hydrogens (tertiary/aromatic N) is 4. The summed E-state index contributed by atoms with van der Waals surface area (Å²) < 4.78 is 7.33. The second-order valence-corrected chi connectivity index (χ2v) is 5.81. The van der Waals surface area contributed by atoms with E-state index in [1.807, 2.05) is 24.5 Å². The predicted octanol–water partition coefficient (Wildman–Crippen LogP) is 2.26. The Morgan fingerprint density at radius 1 is 1.09 bits per heavy atom. The third-order valence-electron chi connectivity index (χ3n) is 3.62. The van der Waals surface area contributed by atoms with Gasteiger partial charge in [-0.15, -0.1) is 0 Å². The molecule has 120 valence electrons. The van der Waals surface area contributed by atoms with E-state index in [0.717, 1.165) is 43.3 Å². The second-order valence-electron chi connectivity index (χ2n) is 5.81. The molecule has 0 atom stereocenters. The van der Waals surface area contributed by atoms with Crippen molar-refractivity contribution in [2.75, 3.05) is 41.3 Å². The number of imidazole rings is 1. The van der Waals surface area contributed by atoms with Crippen LogP contribution in [0.2, 0.25) is 0 Å². The van der Waals surface area contributed by atoms with Crippen LogP contribution in [0, 0.1) is 0 Å². The molecule has 0 bridgehead atoms. The number of rotatable bonds is 8. The molecule has 0 spiro atoms. The van der Waals surface area contributed by atoms with Crippen LogP contribution in [0.1, 0.15) is 12.2 Å². The third kappa shape index (κ3) is 4.58. The summed E-state index contributed by atoms with van der Waals surface area (Å²) in [7, 11) is 8.04. The summed E-state index contributed by atoms with van der Waals surface area (Å²) in [5, 5.41) is 0. The maximum atomic E-state index is 5.21. The van der Waals surface area contributed by atoms with E-state index >= 15 is 0 Å². The highest BCUT2D eigenvalue weighted by atomic mass is 16.5. The summed E-state index contributed by atoms with van der Waals surface area (Å²) in [4.78, 5) is 9.02. The van der Waals surface area contributed by atoms with Gasteiger partial charge in [-0.3, -0.25) is 4.90 Å². The summed E-state index contributed by atoms with van der Waals surface area (Å²) in [6, 6.07) is 8.05. The number of aromatic nitrogens is 2. The summed E-state index contributed by atoms with van der Waals surface area (Å²) in [6.45, 7) is 3.01. The molecule has 1 aromatic heterocycles. The van der Waals surface area contributed by atoms with Crippen LogP contribution in [0.15, 0.2) is 36.7 Å². The van der Waals surface area contributed by atoms with E-state index in [-0.39, 0.29) is 0 Å². The van der Waals surface area contributed by atoms with Crippen LogP contribution in [0.3, 0.4) is 0 Å². The summed E-state index contributed by atoms with van der Waals surface area (Å²) >= 11 is 0. The number of ether oxygens (including phenoxy) is 1. The zero-order valence-corrected chi connectivity index (χ0v) is 14.0. The van der Waals surface area contributed by atoms with Gasteiger partial charge in [-0.05, 0) is 64.9 Å². The first kappa shape index (κ1) is 16.5. The van der Waals surface area contributed by atoms with Gasteiger partial charge >= 0.3 is 0 Å². The molecule has 2 aromatic rings. The topological polar surface area (TPSA) is 33.5 Å². The molecule has 0 saturated carbocycles. The summed E-state index contributed by atoms with van der Waals surface area (Å²) in [6.07, 6.45) is 5.02. The van der Waals surface area contributed by atoms with Crippen LogP contribution in [0.5, 0.6) is 5.75 Å². The van der Waals surface area contributed by atoms with E-state index in [1.165, 1.54) is 0 Å². The van der Waals surface area contributed by atoms with E-state index in [9.17, 15) is 0 Å². The molecule has 5 nitrogen and oxygen atoms in total. The van der Waals surface area contributed by atoms with E-state index in [1.54, 1.807) is 7.11 Å². The summed E-state index contributed by atoms with van der Waals surface area (Å²) in [5.41, 5.74) is 1.11. The first-order valence-electron chi connectivity index (χ1n) is 7.60. The third-order valence-corrected chi connectivity index (χ3v) is 3.62. The fourth-order valence-electron chi connectivity index (χ4n) is 2.41. The van der Waals surface area contributed by atoms with Crippen molar-refractivity contribution in [3.05, 3.63) is 42.5 Å². The quantitative estimate of drug-likeness (QED) is 0.749. The lowest BCUT2D eigenvalue weighted by molar-refractivity contribution is 0.288. The minimum atomic E-state index is 0.840. The fraction of sp³-hybridized carbons (Fsp3) is 0.471. The predicted molar refractivity (Wildman–Crippen MR) is 89.6 cm³/mol. The van der Waals surface area contributed by atoms with Gasteiger partial charge in [-0.25, -0.2) is 4.98 Å². The average molecular weight is 302 g/mol. The van der Waals surface area contributed by atoms with Crippen LogP contribution in [-0.4, -0.2) is 60.7 Å². The molecule has 0 N–H and O–H groups in total. The van der Waals surface area contributed by atoms with Crippen LogP contribution in [0.25, 0.3) is 5.69 Å². The molecular weight excluding hydrogens is 276 g/mol. The number of benzene rings is 1. The molecular formula is C17H26N4O. The van der Waals surface area contributed by atoms with Crippen LogP contribution >= 0.6 is 0 Å². The highest BCUT2D eigenvalue weighted by Gasteiger charge is 2.08. The van der Waals surface area contributed by atoms with Gasteiger partial charge in [0, 0.05) is 18.1 Å². The Morgan fingerprint density at radius 3 is 2.45 bits per heavy atom. The zero-order chi connectivity index (χ0) is 15.9. The van der Waals surface area contributed by atoms with Crippen LogP contribution < -0.4 is 4.74 Å². The molecule has 2 rings (SSSR count). The molecule has 0 aliphatic rings. The lowest BCUT2D eigenvalue weighted by Gasteiger charge is -2.18. The lowest BCUT2D eigenvalue weighted by Crippen LogP contribution is -2.24. The Hall–Kier alpha value is -1.85. The van der Waals surface area contributed by atoms with Gasteiger partial charge in [-0.2, -0.15) is 0 Å². The van der Waals surface area contributed by atoms with Gasteiger partial charge in [0.05, 0.1) is 13.7 Å². The number of methoxy groups -OCH3 is 1. The van der Waals surface area contributed by atoms with Gasteiger partial charge < -0.3 is 14.2 Å². The molecule has 1 aromatic carbocycles. The van der Waals surface area contributed by atoms with Crippen molar-refractivity contribution in [1.29, 1.82) is 0 Å². The molecule has 0 radical (unpaired) electrons. The minimum absolute atomic E-state index is 0.840. The maximum Gasteiger partial charge on any atom is 0.127 e. The summed E-state index contributed by atoms with van der Waals surface area (Å²) in [5.74, 6) is 1.92. The van der Waals surface area contributed by atoms with Crippen molar-refractivity contribution < 1.29 is 4.74 Å². The van der Waals surface area contributed by atoms with Gasteiger partial charge in [0.25, 0.3) is 0 Å². The largest absolute Gasteiger partial charge is 0.497 e. The van der Waals surface area contributed by atoms with E-state index in [2.05, 4.69) is 52.6 Å². The Kier molecular flexibility index (Phi) is 5.98. The molecule has 0 saturated heterocycles. The van der Waals surface area contributed by atoms with E-state index in [4.69, 9.17) is 4.74 Å².